The van der Waals surface area contributed by atoms with Gasteiger partial charge < -0.3 is 25.5 Å². The largest absolute Gasteiger partial charge is 0.493 e. The Morgan fingerprint density at radius 3 is 2.39 bits per heavy atom. The number of nitrogens with two attached hydrogens (primary N) is 1. The number of carbonyl (C=O) groups excluding carboxylic acids is 1. The highest BCUT2D eigenvalue weighted by molar-refractivity contribution is 6.07. The van der Waals surface area contributed by atoms with Crippen LogP contribution in [-0.2, 0) is 6.42 Å². The molecule has 0 spiro atoms. The third kappa shape index (κ3) is 4.67. The van der Waals surface area contributed by atoms with E-state index in [4.69, 9.17) is 20.6 Å². The van der Waals surface area contributed by atoms with Gasteiger partial charge in [0.1, 0.15) is 5.84 Å². The minimum atomic E-state index is -0.124. The highest BCUT2D eigenvalue weighted by atomic mass is 16.5. The van der Waals surface area contributed by atoms with Crippen LogP contribution < -0.4 is 20.5 Å². The van der Waals surface area contributed by atoms with Gasteiger partial charge in [-0.05, 0) is 59.5 Å². The quantitative estimate of drug-likeness (QED) is 0.243. The predicted octanol–water partition coefficient (Wildman–Crippen LogP) is 4.11. The number of fused-ring (bicyclic) bond motifs is 1. The standard InChI is InChI=1S/C26H26N4O3/c1-32-23-10-8-19(14-24(23)33-2)17-4-6-18(7-5-17)26(31)29-12-11-16-3-9-22-20(13-16)21(15-30-22)25(27)28/h3-10,13-15,30H,11-12H2,1-2H3,(H3,27,28)(H,29,31). The summed E-state index contributed by atoms with van der Waals surface area (Å²) < 4.78 is 10.7. The summed E-state index contributed by atoms with van der Waals surface area (Å²) in [5.41, 5.74) is 10.9. The molecule has 1 amide bonds. The molecule has 0 saturated heterocycles. The first-order chi connectivity index (χ1) is 16.0. The molecule has 0 unspecified atom stereocenters. The van der Waals surface area contributed by atoms with Gasteiger partial charge in [-0.25, -0.2) is 0 Å². The van der Waals surface area contributed by atoms with Gasteiger partial charge >= 0.3 is 0 Å². The predicted molar refractivity (Wildman–Crippen MR) is 130 cm³/mol. The molecule has 0 radical (unpaired) electrons. The number of H-pyrrole nitrogens is 1. The summed E-state index contributed by atoms with van der Waals surface area (Å²) in [5, 5.41) is 11.6. The van der Waals surface area contributed by atoms with Crippen LogP contribution in [0.1, 0.15) is 21.5 Å². The van der Waals surface area contributed by atoms with Crippen LogP contribution in [0.3, 0.4) is 0 Å². The van der Waals surface area contributed by atoms with Crippen LogP contribution in [0.2, 0.25) is 0 Å². The SMILES string of the molecule is COc1ccc(-c2ccc(C(=O)NCCc3ccc4[nH]cc(C(=N)N)c4c3)cc2)cc1OC. The van der Waals surface area contributed by atoms with Crippen molar-refractivity contribution >= 4 is 22.6 Å². The van der Waals surface area contributed by atoms with E-state index in [2.05, 4.69) is 10.3 Å². The Hall–Kier alpha value is -4.26. The minimum absolute atomic E-state index is 0.0308. The Bertz CT molecular complexity index is 1310. The topological polar surface area (TPSA) is 113 Å². The fourth-order valence-electron chi connectivity index (χ4n) is 3.80. The van der Waals surface area contributed by atoms with Crippen LogP contribution in [0.4, 0.5) is 0 Å². The zero-order valence-electron chi connectivity index (χ0n) is 18.6. The number of methoxy groups -OCH3 is 2. The second-order valence-electron chi connectivity index (χ2n) is 7.65. The lowest BCUT2D eigenvalue weighted by atomic mass is 10.0. The highest BCUT2D eigenvalue weighted by Gasteiger charge is 2.10. The molecule has 7 nitrogen and oxygen atoms in total. The molecule has 0 fully saturated rings. The molecular formula is C26H26N4O3. The van der Waals surface area contributed by atoms with E-state index in [0.29, 0.717) is 35.6 Å². The molecular weight excluding hydrogens is 416 g/mol. The third-order valence-corrected chi connectivity index (χ3v) is 5.60. The Labute approximate surface area is 192 Å². The summed E-state index contributed by atoms with van der Waals surface area (Å²) in [4.78, 5) is 15.7. The number of nitrogens with one attached hydrogen (secondary N) is 3. The molecule has 0 aliphatic carbocycles. The molecule has 0 atom stereocenters. The average molecular weight is 443 g/mol. The van der Waals surface area contributed by atoms with E-state index in [-0.39, 0.29) is 11.7 Å². The summed E-state index contributed by atoms with van der Waals surface area (Å²) in [6.07, 6.45) is 2.41. The molecule has 0 aliphatic heterocycles. The Kier molecular flexibility index (Phi) is 6.31. The van der Waals surface area contributed by atoms with Gasteiger partial charge in [0.25, 0.3) is 5.91 Å². The molecule has 4 aromatic rings. The number of nitrogen functional groups attached to an aromatic ring is 1. The van der Waals surface area contributed by atoms with E-state index in [1.165, 1.54) is 0 Å². The minimum Gasteiger partial charge on any atom is -0.493 e. The Balaban J connectivity index is 1.39. The fourth-order valence-corrected chi connectivity index (χ4v) is 3.80. The lowest BCUT2D eigenvalue weighted by Crippen LogP contribution is -2.25. The average Bonchev–Trinajstić information content (AvgIpc) is 3.27. The summed E-state index contributed by atoms with van der Waals surface area (Å²) in [6, 6.07) is 19.2. The number of benzene rings is 3. The number of ether oxygens (including phenoxy) is 2. The van der Waals surface area contributed by atoms with Gasteiger partial charge in [0, 0.05) is 34.8 Å². The summed E-state index contributed by atoms with van der Waals surface area (Å²) in [5.74, 6) is 1.24. The Morgan fingerprint density at radius 1 is 0.970 bits per heavy atom. The summed E-state index contributed by atoms with van der Waals surface area (Å²) in [6.45, 7) is 0.502. The first-order valence-electron chi connectivity index (χ1n) is 10.5. The molecule has 4 rings (SSSR count). The maximum Gasteiger partial charge on any atom is 0.251 e. The second-order valence-corrected chi connectivity index (χ2v) is 7.65. The van der Waals surface area contributed by atoms with Crippen LogP contribution in [0.5, 0.6) is 11.5 Å². The normalized spacial score (nSPS) is 10.7. The Morgan fingerprint density at radius 2 is 1.70 bits per heavy atom. The van der Waals surface area contributed by atoms with Gasteiger partial charge in [-0.2, -0.15) is 0 Å². The van der Waals surface area contributed by atoms with Gasteiger partial charge in [0.15, 0.2) is 11.5 Å². The van der Waals surface area contributed by atoms with E-state index in [0.717, 1.165) is 27.6 Å². The van der Waals surface area contributed by atoms with Crippen molar-refractivity contribution < 1.29 is 14.3 Å². The van der Waals surface area contributed by atoms with Crippen molar-refractivity contribution in [1.29, 1.82) is 5.41 Å². The van der Waals surface area contributed by atoms with Crippen molar-refractivity contribution in [2.24, 2.45) is 5.73 Å². The van der Waals surface area contributed by atoms with Crippen LogP contribution in [-0.4, -0.2) is 37.5 Å². The van der Waals surface area contributed by atoms with Crippen molar-refractivity contribution in [3.8, 4) is 22.6 Å². The number of hydrogen-bond donors (Lipinski definition) is 4. The van der Waals surface area contributed by atoms with Gasteiger partial charge in [-0.3, -0.25) is 10.2 Å². The lowest BCUT2D eigenvalue weighted by molar-refractivity contribution is 0.0954. The summed E-state index contributed by atoms with van der Waals surface area (Å²) >= 11 is 0. The maximum atomic E-state index is 12.6. The molecule has 3 aromatic carbocycles. The zero-order valence-corrected chi connectivity index (χ0v) is 18.6. The number of aromatic amines is 1. The number of amides is 1. The molecule has 7 heteroatoms. The van der Waals surface area contributed by atoms with E-state index >= 15 is 0 Å². The lowest BCUT2D eigenvalue weighted by Gasteiger charge is -2.10. The molecule has 168 valence electrons. The van der Waals surface area contributed by atoms with Crippen molar-refractivity contribution in [2.75, 3.05) is 20.8 Å². The van der Waals surface area contributed by atoms with Crippen molar-refractivity contribution in [1.82, 2.24) is 10.3 Å². The van der Waals surface area contributed by atoms with Crippen molar-refractivity contribution in [3.05, 3.63) is 83.6 Å². The first kappa shape index (κ1) is 22.0. The molecule has 1 aromatic heterocycles. The number of amidine groups is 1. The third-order valence-electron chi connectivity index (χ3n) is 5.60. The van der Waals surface area contributed by atoms with Crippen LogP contribution in [0, 0.1) is 5.41 Å². The van der Waals surface area contributed by atoms with Gasteiger partial charge in [-0.1, -0.05) is 24.3 Å². The first-order valence-corrected chi connectivity index (χ1v) is 10.5. The number of aromatic nitrogens is 1. The molecule has 5 N–H and O–H groups in total. The van der Waals surface area contributed by atoms with Crippen LogP contribution in [0.15, 0.2) is 66.9 Å². The molecule has 33 heavy (non-hydrogen) atoms. The van der Waals surface area contributed by atoms with E-state index in [9.17, 15) is 4.79 Å². The van der Waals surface area contributed by atoms with Gasteiger partial charge in [0.05, 0.1) is 14.2 Å². The summed E-state index contributed by atoms with van der Waals surface area (Å²) in [7, 11) is 3.21. The van der Waals surface area contributed by atoms with Crippen LogP contribution >= 0.6 is 0 Å². The van der Waals surface area contributed by atoms with E-state index in [1.807, 2.05) is 60.7 Å². The van der Waals surface area contributed by atoms with E-state index in [1.54, 1.807) is 20.4 Å². The van der Waals surface area contributed by atoms with Crippen molar-refractivity contribution in [2.45, 2.75) is 6.42 Å². The smallest absolute Gasteiger partial charge is 0.251 e. The number of carbonyl (C=O) groups is 1. The monoisotopic (exact) mass is 442 g/mol. The van der Waals surface area contributed by atoms with Crippen LogP contribution in [0.25, 0.3) is 22.0 Å². The number of hydrogen-bond acceptors (Lipinski definition) is 4. The molecule has 0 bridgehead atoms. The van der Waals surface area contributed by atoms with Gasteiger partial charge in [0.2, 0.25) is 0 Å². The highest BCUT2D eigenvalue weighted by Crippen LogP contribution is 2.32. The molecule has 0 aliphatic rings. The van der Waals surface area contributed by atoms with Gasteiger partial charge in [-0.15, -0.1) is 0 Å². The van der Waals surface area contributed by atoms with E-state index < -0.39 is 0 Å². The molecule has 1 heterocycles. The zero-order chi connectivity index (χ0) is 23.4. The fraction of sp³-hybridized carbons (Fsp3) is 0.154. The molecule has 0 saturated carbocycles. The number of rotatable bonds is 8. The van der Waals surface area contributed by atoms with Crippen molar-refractivity contribution in [3.63, 3.8) is 0 Å². The second kappa shape index (κ2) is 9.48. The maximum absolute atomic E-state index is 12.6.